The minimum absolute atomic E-state index is 0. The zero-order chi connectivity index (χ0) is 11.7. The van der Waals surface area contributed by atoms with Crippen molar-refractivity contribution in [3.63, 3.8) is 0 Å². The zero-order valence-corrected chi connectivity index (χ0v) is 11.8. The van der Waals surface area contributed by atoms with Gasteiger partial charge in [0.2, 0.25) is 12.5 Å². The third kappa shape index (κ3) is 7.29. The molecule has 16 heavy (non-hydrogen) atoms. The van der Waals surface area contributed by atoms with Gasteiger partial charge in [-0.15, -0.1) is 0 Å². The van der Waals surface area contributed by atoms with Gasteiger partial charge in [-0.25, -0.2) is 0 Å². The molecule has 0 aliphatic carbocycles. The van der Waals surface area contributed by atoms with Crippen LogP contribution in [0.4, 0.5) is 0 Å². The Morgan fingerprint density at radius 3 is 2.44 bits per heavy atom. The first-order chi connectivity index (χ1) is 7.08. The first kappa shape index (κ1) is 18.4. The first-order valence-electron chi connectivity index (χ1n) is 5.16. The molecule has 0 saturated carbocycles. The van der Waals surface area contributed by atoms with Gasteiger partial charge in [-0.2, -0.15) is 0 Å². The fourth-order valence-electron chi connectivity index (χ4n) is 1.17. The maximum Gasteiger partial charge on any atom is 0.250 e. The molecular formula is C10H22BrNO4. The van der Waals surface area contributed by atoms with Gasteiger partial charge in [0.1, 0.15) is 6.54 Å². The standard InChI is InChI=1S/C10H22NO4.BrH/c1-4-15-10(9-13)11(2,3)5-7-14-8-6-12;/h9-10,12H,4-8H2,1-3H3;1H/q+1;/p-1. The van der Waals surface area contributed by atoms with E-state index in [0.717, 1.165) is 6.29 Å². The van der Waals surface area contributed by atoms with E-state index in [1.54, 1.807) is 0 Å². The summed E-state index contributed by atoms with van der Waals surface area (Å²) < 4.78 is 10.9. The molecule has 6 heteroatoms. The van der Waals surface area contributed by atoms with Gasteiger partial charge in [0.15, 0.2) is 0 Å². The van der Waals surface area contributed by atoms with Gasteiger partial charge >= 0.3 is 0 Å². The number of hydrogen-bond acceptors (Lipinski definition) is 4. The van der Waals surface area contributed by atoms with Crippen LogP contribution in [-0.4, -0.2) is 69.2 Å². The van der Waals surface area contributed by atoms with Crippen molar-refractivity contribution in [2.24, 2.45) is 0 Å². The molecule has 1 N–H and O–H groups in total. The second-order valence-corrected chi connectivity index (χ2v) is 3.82. The quantitative estimate of drug-likeness (QED) is 0.209. The Morgan fingerprint density at radius 1 is 1.38 bits per heavy atom. The maximum absolute atomic E-state index is 10.8. The van der Waals surface area contributed by atoms with Crippen LogP contribution >= 0.6 is 0 Å². The average molecular weight is 300 g/mol. The van der Waals surface area contributed by atoms with Gasteiger partial charge < -0.3 is 31.6 Å². The van der Waals surface area contributed by atoms with Crippen molar-refractivity contribution in [3.05, 3.63) is 0 Å². The van der Waals surface area contributed by atoms with Crippen LogP contribution in [0.3, 0.4) is 0 Å². The number of aldehydes is 1. The van der Waals surface area contributed by atoms with E-state index >= 15 is 0 Å². The van der Waals surface area contributed by atoms with Crippen molar-refractivity contribution in [2.75, 3.05) is 47.1 Å². The van der Waals surface area contributed by atoms with Crippen LogP contribution in [0.1, 0.15) is 6.92 Å². The second-order valence-electron chi connectivity index (χ2n) is 3.82. The second kappa shape index (κ2) is 10.2. The predicted molar refractivity (Wildman–Crippen MR) is 56.4 cm³/mol. The molecule has 0 fully saturated rings. The maximum atomic E-state index is 10.8. The Labute approximate surface area is 108 Å². The molecule has 0 aromatic carbocycles. The van der Waals surface area contributed by atoms with Gasteiger partial charge in [0, 0.05) is 0 Å². The minimum atomic E-state index is -0.451. The number of carbonyl (C=O) groups excluding carboxylic acids is 1. The molecule has 0 aromatic rings. The van der Waals surface area contributed by atoms with E-state index in [1.807, 2.05) is 21.0 Å². The molecule has 0 spiro atoms. The summed E-state index contributed by atoms with van der Waals surface area (Å²) in [4.78, 5) is 10.8. The number of halogens is 1. The number of ether oxygens (including phenoxy) is 2. The van der Waals surface area contributed by atoms with Crippen LogP contribution in [0.2, 0.25) is 0 Å². The average Bonchev–Trinajstić information content (AvgIpc) is 2.20. The summed E-state index contributed by atoms with van der Waals surface area (Å²) in [6.45, 7) is 3.91. The fraction of sp³-hybridized carbons (Fsp3) is 0.900. The minimum Gasteiger partial charge on any atom is -1.00 e. The molecule has 0 rings (SSSR count). The molecule has 0 aliphatic rings. The van der Waals surface area contributed by atoms with Crippen molar-refractivity contribution in [1.82, 2.24) is 0 Å². The molecular weight excluding hydrogens is 278 g/mol. The number of likely N-dealkylation sites (N-methyl/N-ethyl adjacent to an activating group) is 1. The fourth-order valence-corrected chi connectivity index (χ4v) is 1.17. The summed E-state index contributed by atoms with van der Waals surface area (Å²) in [7, 11) is 3.83. The molecule has 0 aliphatic heterocycles. The number of nitrogens with zero attached hydrogens (tertiary/aromatic N) is 1. The lowest BCUT2D eigenvalue weighted by Crippen LogP contribution is -3.00. The topological polar surface area (TPSA) is 55.8 Å². The van der Waals surface area contributed by atoms with Crippen LogP contribution in [0.5, 0.6) is 0 Å². The van der Waals surface area contributed by atoms with Gasteiger partial charge in [-0.1, -0.05) is 0 Å². The van der Waals surface area contributed by atoms with E-state index in [2.05, 4.69) is 0 Å². The summed E-state index contributed by atoms with van der Waals surface area (Å²) in [6, 6.07) is 0. The van der Waals surface area contributed by atoms with Crippen LogP contribution in [0.15, 0.2) is 0 Å². The van der Waals surface area contributed by atoms with Crippen LogP contribution in [0, 0.1) is 0 Å². The number of carbonyl (C=O) groups is 1. The number of rotatable bonds is 9. The molecule has 0 amide bonds. The lowest BCUT2D eigenvalue weighted by Gasteiger charge is -2.34. The van der Waals surface area contributed by atoms with E-state index in [1.165, 1.54) is 0 Å². The van der Waals surface area contributed by atoms with E-state index in [-0.39, 0.29) is 23.6 Å². The van der Waals surface area contributed by atoms with Gasteiger partial charge in [0.25, 0.3) is 0 Å². The number of aliphatic hydroxyl groups excluding tert-OH is 1. The SMILES string of the molecule is CCOC(C=O)[N+](C)(C)CCOCCO.[Br-]. The molecule has 98 valence electrons. The van der Waals surface area contributed by atoms with Crippen LogP contribution in [0.25, 0.3) is 0 Å². The van der Waals surface area contributed by atoms with Crippen molar-refractivity contribution < 1.29 is 40.8 Å². The van der Waals surface area contributed by atoms with Crippen LogP contribution < -0.4 is 17.0 Å². The normalized spacial score (nSPS) is 13.0. The van der Waals surface area contributed by atoms with Gasteiger partial charge in [-0.3, -0.25) is 9.28 Å². The van der Waals surface area contributed by atoms with Crippen LogP contribution in [-0.2, 0) is 14.3 Å². The predicted octanol–water partition coefficient (Wildman–Crippen LogP) is -3.36. The third-order valence-corrected chi connectivity index (χ3v) is 2.19. The highest BCUT2D eigenvalue weighted by Crippen LogP contribution is 2.06. The summed E-state index contributed by atoms with van der Waals surface area (Å²) >= 11 is 0. The summed E-state index contributed by atoms with van der Waals surface area (Å²) in [5.74, 6) is 0. The molecule has 0 radical (unpaired) electrons. The van der Waals surface area contributed by atoms with E-state index < -0.39 is 6.23 Å². The highest BCUT2D eigenvalue weighted by atomic mass is 79.9. The number of hydrogen-bond donors (Lipinski definition) is 1. The monoisotopic (exact) mass is 299 g/mol. The summed E-state index contributed by atoms with van der Waals surface area (Å²) in [5.41, 5.74) is 0. The largest absolute Gasteiger partial charge is 1.00 e. The molecule has 0 bridgehead atoms. The first-order valence-corrected chi connectivity index (χ1v) is 5.16. The van der Waals surface area contributed by atoms with Crippen molar-refractivity contribution in [1.29, 1.82) is 0 Å². The Morgan fingerprint density at radius 2 is 2.00 bits per heavy atom. The lowest BCUT2D eigenvalue weighted by molar-refractivity contribution is -0.926. The molecule has 1 unspecified atom stereocenters. The smallest absolute Gasteiger partial charge is 0.250 e. The molecule has 5 nitrogen and oxygen atoms in total. The summed E-state index contributed by atoms with van der Waals surface area (Å²) in [5, 5.41) is 8.52. The molecule has 0 saturated heterocycles. The van der Waals surface area contributed by atoms with Crippen molar-refractivity contribution >= 4 is 6.29 Å². The highest BCUT2D eigenvalue weighted by molar-refractivity contribution is 5.53. The molecule has 0 aromatic heterocycles. The zero-order valence-electron chi connectivity index (χ0n) is 10.2. The lowest BCUT2D eigenvalue weighted by atomic mass is 10.4. The van der Waals surface area contributed by atoms with Crippen molar-refractivity contribution in [3.8, 4) is 0 Å². The van der Waals surface area contributed by atoms with E-state index in [4.69, 9.17) is 14.6 Å². The van der Waals surface area contributed by atoms with E-state index in [9.17, 15) is 4.79 Å². The van der Waals surface area contributed by atoms with Gasteiger partial charge in [-0.05, 0) is 6.92 Å². The Hall–Kier alpha value is -0.01000. The molecule has 0 heterocycles. The summed E-state index contributed by atoms with van der Waals surface area (Å²) in [6.07, 6.45) is 0.364. The number of quaternary nitrogens is 1. The Bertz CT molecular complexity index is 178. The van der Waals surface area contributed by atoms with Gasteiger partial charge in [0.05, 0.1) is 40.5 Å². The highest BCUT2D eigenvalue weighted by Gasteiger charge is 2.27. The Balaban J connectivity index is 0. The molecule has 1 atom stereocenters. The van der Waals surface area contributed by atoms with Crippen molar-refractivity contribution in [2.45, 2.75) is 13.2 Å². The third-order valence-electron chi connectivity index (χ3n) is 2.19. The number of aliphatic hydroxyl groups is 1. The Kier molecular flexibility index (Phi) is 11.7. The van der Waals surface area contributed by atoms with E-state index in [0.29, 0.717) is 30.8 Å².